The number of aromatic amines is 1. The van der Waals surface area contributed by atoms with Crippen LogP contribution in [0.5, 0.6) is 0 Å². The molecule has 1 aromatic heterocycles. The van der Waals surface area contributed by atoms with Gasteiger partial charge in [0.2, 0.25) is 0 Å². The van der Waals surface area contributed by atoms with Crippen molar-refractivity contribution in [1.82, 2.24) is 9.97 Å². The predicted molar refractivity (Wildman–Crippen MR) is 108 cm³/mol. The summed E-state index contributed by atoms with van der Waals surface area (Å²) < 4.78 is 28.3. The van der Waals surface area contributed by atoms with Gasteiger partial charge in [0.05, 0.1) is 15.9 Å². The number of aryl methyl sites for hydroxylation is 2. The van der Waals surface area contributed by atoms with Crippen molar-refractivity contribution < 1.29 is 8.42 Å². The van der Waals surface area contributed by atoms with Crippen molar-refractivity contribution in [2.24, 2.45) is 0 Å². The number of anilines is 1. The van der Waals surface area contributed by atoms with Crippen LogP contribution < -0.4 is 4.72 Å². The van der Waals surface area contributed by atoms with Gasteiger partial charge in [-0.1, -0.05) is 36.4 Å². The quantitative estimate of drug-likeness (QED) is 0.544. The van der Waals surface area contributed by atoms with E-state index < -0.39 is 10.0 Å². The number of benzene rings is 3. The molecule has 0 bridgehead atoms. The van der Waals surface area contributed by atoms with Crippen LogP contribution in [-0.2, 0) is 10.0 Å². The molecule has 2 N–H and O–H groups in total. The molecule has 4 aromatic rings. The molecule has 4 rings (SSSR count). The Balaban J connectivity index is 1.70. The standard InChI is InChI=1S/C21H19N3O2S/c1-14-10-15(2)12-17(11-14)24-27(25,26)18-8-9-19-20(13-18)23-21(22-19)16-6-4-3-5-7-16/h3-13,24H,1-2H3,(H,22,23). The number of imidazole rings is 1. The molecule has 0 spiro atoms. The average molecular weight is 377 g/mol. The second-order valence-corrected chi connectivity index (χ2v) is 8.29. The molecule has 6 heteroatoms. The van der Waals surface area contributed by atoms with Crippen LogP contribution in [0, 0.1) is 13.8 Å². The van der Waals surface area contributed by atoms with E-state index >= 15 is 0 Å². The minimum absolute atomic E-state index is 0.192. The highest BCUT2D eigenvalue weighted by Crippen LogP contribution is 2.24. The van der Waals surface area contributed by atoms with E-state index in [1.54, 1.807) is 18.2 Å². The summed E-state index contributed by atoms with van der Waals surface area (Å²) in [6.07, 6.45) is 0. The highest BCUT2D eigenvalue weighted by atomic mass is 32.2. The maximum atomic E-state index is 12.8. The maximum absolute atomic E-state index is 12.8. The number of hydrogen-bond donors (Lipinski definition) is 2. The van der Waals surface area contributed by atoms with Crippen LogP contribution in [0.25, 0.3) is 22.4 Å². The number of nitrogens with one attached hydrogen (secondary N) is 2. The summed E-state index contributed by atoms with van der Waals surface area (Å²) in [7, 11) is -3.69. The third-order valence-corrected chi connectivity index (χ3v) is 5.66. The van der Waals surface area contributed by atoms with Gasteiger partial charge in [-0.15, -0.1) is 0 Å². The lowest BCUT2D eigenvalue weighted by atomic mass is 10.1. The Morgan fingerprint density at radius 2 is 1.59 bits per heavy atom. The molecule has 1 heterocycles. The molecule has 0 unspecified atom stereocenters. The predicted octanol–water partition coefficient (Wildman–Crippen LogP) is 4.65. The van der Waals surface area contributed by atoms with Crippen LogP contribution in [0.4, 0.5) is 5.69 Å². The highest BCUT2D eigenvalue weighted by molar-refractivity contribution is 7.92. The topological polar surface area (TPSA) is 74.8 Å². The second kappa shape index (κ2) is 6.55. The van der Waals surface area contributed by atoms with E-state index in [2.05, 4.69) is 14.7 Å². The van der Waals surface area contributed by atoms with Crippen molar-refractivity contribution in [3.63, 3.8) is 0 Å². The zero-order valence-electron chi connectivity index (χ0n) is 15.0. The molecule has 3 aromatic carbocycles. The van der Waals surface area contributed by atoms with Crippen LogP contribution in [0.1, 0.15) is 11.1 Å². The summed E-state index contributed by atoms with van der Waals surface area (Å²) in [6.45, 7) is 3.87. The first-order valence-electron chi connectivity index (χ1n) is 8.57. The minimum Gasteiger partial charge on any atom is -0.338 e. The van der Waals surface area contributed by atoms with Crippen molar-refractivity contribution in [3.8, 4) is 11.4 Å². The first kappa shape index (κ1) is 17.3. The SMILES string of the molecule is Cc1cc(C)cc(NS(=O)(=O)c2ccc3nc(-c4ccccc4)[nH]c3c2)c1. The van der Waals surface area contributed by atoms with Gasteiger partial charge in [0.1, 0.15) is 5.82 Å². The second-order valence-electron chi connectivity index (χ2n) is 6.61. The van der Waals surface area contributed by atoms with E-state index in [4.69, 9.17) is 0 Å². The van der Waals surface area contributed by atoms with Crippen molar-refractivity contribution in [2.45, 2.75) is 18.7 Å². The summed E-state index contributed by atoms with van der Waals surface area (Å²) in [6, 6.07) is 20.2. The van der Waals surface area contributed by atoms with Crippen molar-refractivity contribution in [1.29, 1.82) is 0 Å². The molecular weight excluding hydrogens is 358 g/mol. The van der Waals surface area contributed by atoms with E-state index in [1.807, 2.05) is 62.4 Å². The Morgan fingerprint density at radius 1 is 0.889 bits per heavy atom. The highest BCUT2D eigenvalue weighted by Gasteiger charge is 2.16. The number of H-pyrrole nitrogens is 1. The van der Waals surface area contributed by atoms with Crippen molar-refractivity contribution >= 4 is 26.7 Å². The van der Waals surface area contributed by atoms with E-state index in [-0.39, 0.29) is 4.90 Å². The van der Waals surface area contributed by atoms with Gasteiger partial charge in [0.25, 0.3) is 10.0 Å². The average Bonchev–Trinajstić information content (AvgIpc) is 3.04. The van der Waals surface area contributed by atoms with Gasteiger partial charge in [0, 0.05) is 11.3 Å². The number of rotatable bonds is 4. The first-order valence-corrected chi connectivity index (χ1v) is 10.1. The van der Waals surface area contributed by atoms with Gasteiger partial charge in [-0.3, -0.25) is 4.72 Å². The molecule has 0 radical (unpaired) electrons. The van der Waals surface area contributed by atoms with E-state index in [9.17, 15) is 8.42 Å². The molecule has 0 atom stereocenters. The first-order chi connectivity index (χ1) is 12.9. The largest absolute Gasteiger partial charge is 0.338 e. The molecule has 0 saturated carbocycles. The molecule has 136 valence electrons. The zero-order chi connectivity index (χ0) is 19.0. The molecule has 0 aliphatic carbocycles. The van der Waals surface area contributed by atoms with Crippen LogP contribution in [-0.4, -0.2) is 18.4 Å². The van der Waals surface area contributed by atoms with Gasteiger partial charge >= 0.3 is 0 Å². The molecule has 5 nitrogen and oxygen atoms in total. The fourth-order valence-electron chi connectivity index (χ4n) is 3.14. The Bertz CT molecular complexity index is 1210. The fourth-order valence-corrected chi connectivity index (χ4v) is 4.20. The molecule has 0 fully saturated rings. The Hall–Kier alpha value is -3.12. The lowest BCUT2D eigenvalue weighted by Gasteiger charge is -2.10. The molecule has 0 aliphatic rings. The van der Waals surface area contributed by atoms with E-state index in [0.717, 1.165) is 22.2 Å². The summed E-state index contributed by atoms with van der Waals surface area (Å²) in [5, 5.41) is 0. The summed E-state index contributed by atoms with van der Waals surface area (Å²) >= 11 is 0. The fraction of sp³-hybridized carbons (Fsp3) is 0.0952. The number of nitrogens with zero attached hydrogens (tertiary/aromatic N) is 1. The van der Waals surface area contributed by atoms with Gasteiger partial charge in [-0.05, 0) is 55.3 Å². The molecule has 27 heavy (non-hydrogen) atoms. The third-order valence-electron chi connectivity index (χ3n) is 4.28. The Labute approximate surface area is 158 Å². The third kappa shape index (κ3) is 3.57. The van der Waals surface area contributed by atoms with Gasteiger partial charge in [0.15, 0.2) is 0 Å². The Morgan fingerprint density at radius 3 is 2.30 bits per heavy atom. The monoisotopic (exact) mass is 377 g/mol. The lowest BCUT2D eigenvalue weighted by molar-refractivity contribution is 0.601. The maximum Gasteiger partial charge on any atom is 0.261 e. The number of hydrogen-bond acceptors (Lipinski definition) is 3. The van der Waals surface area contributed by atoms with E-state index in [0.29, 0.717) is 17.0 Å². The zero-order valence-corrected chi connectivity index (χ0v) is 15.8. The van der Waals surface area contributed by atoms with Crippen LogP contribution in [0.3, 0.4) is 0 Å². The molecule has 0 aliphatic heterocycles. The van der Waals surface area contributed by atoms with Crippen molar-refractivity contribution in [3.05, 3.63) is 77.9 Å². The number of fused-ring (bicyclic) bond motifs is 1. The van der Waals surface area contributed by atoms with E-state index in [1.165, 1.54) is 0 Å². The smallest absolute Gasteiger partial charge is 0.261 e. The van der Waals surface area contributed by atoms with Crippen LogP contribution >= 0.6 is 0 Å². The summed E-state index contributed by atoms with van der Waals surface area (Å²) in [4.78, 5) is 7.94. The molecular formula is C21H19N3O2S. The van der Waals surface area contributed by atoms with Gasteiger partial charge < -0.3 is 4.98 Å². The molecule has 0 amide bonds. The lowest BCUT2D eigenvalue weighted by Crippen LogP contribution is -2.13. The molecule has 0 saturated heterocycles. The normalized spacial score (nSPS) is 11.6. The summed E-state index contributed by atoms with van der Waals surface area (Å²) in [5.74, 6) is 0.711. The minimum atomic E-state index is -3.69. The van der Waals surface area contributed by atoms with Gasteiger partial charge in [-0.2, -0.15) is 0 Å². The van der Waals surface area contributed by atoms with Crippen LogP contribution in [0.15, 0.2) is 71.6 Å². The van der Waals surface area contributed by atoms with Gasteiger partial charge in [-0.25, -0.2) is 13.4 Å². The number of aromatic nitrogens is 2. The summed E-state index contributed by atoms with van der Waals surface area (Å²) in [5.41, 5.74) is 4.92. The number of sulfonamides is 1. The van der Waals surface area contributed by atoms with Crippen LogP contribution in [0.2, 0.25) is 0 Å². The Kier molecular flexibility index (Phi) is 4.20. The van der Waals surface area contributed by atoms with Crippen molar-refractivity contribution in [2.75, 3.05) is 4.72 Å².